The Labute approximate surface area is 117 Å². The molecule has 104 valence electrons. The second-order valence-electron chi connectivity index (χ2n) is 5.73. The van der Waals surface area contributed by atoms with Crippen LogP contribution in [0.4, 0.5) is 9.18 Å². The van der Waals surface area contributed by atoms with Crippen LogP contribution in [0.2, 0.25) is 0 Å². The summed E-state index contributed by atoms with van der Waals surface area (Å²) in [6.45, 7) is 5.77. The van der Waals surface area contributed by atoms with Gasteiger partial charge in [-0.2, -0.15) is 5.26 Å². The molecule has 0 saturated carbocycles. The predicted octanol–water partition coefficient (Wildman–Crippen LogP) is 3.00. The molecule has 1 aliphatic heterocycles. The lowest BCUT2D eigenvalue weighted by molar-refractivity contribution is 0.235. The molecular formula is C15H16FN3O. The molecule has 0 fully saturated rings. The van der Waals surface area contributed by atoms with E-state index in [1.807, 2.05) is 20.8 Å². The van der Waals surface area contributed by atoms with Crippen molar-refractivity contribution in [2.45, 2.75) is 26.8 Å². The van der Waals surface area contributed by atoms with E-state index in [9.17, 15) is 14.4 Å². The first-order chi connectivity index (χ1) is 9.32. The van der Waals surface area contributed by atoms with Crippen LogP contribution in [-0.2, 0) is 0 Å². The zero-order chi connectivity index (χ0) is 14.9. The number of carbonyl (C=O) groups excluding carboxylic acids is 1. The number of nitrogens with one attached hydrogen (secondary N) is 2. The molecule has 0 saturated heterocycles. The van der Waals surface area contributed by atoms with Gasteiger partial charge in [0, 0.05) is 11.1 Å². The van der Waals surface area contributed by atoms with Crippen LogP contribution in [0.25, 0.3) is 0 Å². The van der Waals surface area contributed by atoms with Gasteiger partial charge in [-0.05, 0) is 17.7 Å². The van der Waals surface area contributed by atoms with Crippen LogP contribution < -0.4 is 10.6 Å². The maximum atomic E-state index is 13.0. The third-order valence-electron chi connectivity index (χ3n) is 3.15. The van der Waals surface area contributed by atoms with Gasteiger partial charge in [0.1, 0.15) is 5.82 Å². The van der Waals surface area contributed by atoms with Crippen molar-refractivity contribution in [2.24, 2.45) is 5.41 Å². The first kappa shape index (κ1) is 14.1. The van der Waals surface area contributed by atoms with Gasteiger partial charge in [0.05, 0.1) is 17.7 Å². The van der Waals surface area contributed by atoms with Crippen LogP contribution in [0, 0.1) is 22.6 Å². The lowest BCUT2D eigenvalue weighted by atomic mass is 9.84. The van der Waals surface area contributed by atoms with Gasteiger partial charge < -0.3 is 10.6 Å². The second kappa shape index (κ2) is 4.97. The molecule has 5 heteroatoms. The number of amides is 2. The number of carbonyl (C=O) groups is 1. The smallest absolute Gasteiger partial charge is 0.319 e. The molecule has 1 aliphatic rings. The third-order valence-corrected chi connectivity index (χ3v) is 3.15. The number of urea groups is 1. The molecule has 0 radical (unpaired) electrons. The maximum Gasteiger partial charge on any atom is 0.319 e. The minimum absolute atomic E-state index is 0.354. The summed E-state index contributed by atoms with van der Waals surface area (Å²) in [5, 5.41) is 14.8. The molecule has 2 rings (SSSR count). The van der Waals surface area contributed by atoms with Crippen molar-refractivity contribution < 1.29 is 9.18 Å². The van der Waals surface area contributed by atoms with Gasteiger partial charge in [-0.15, -0.1) is 0 Å². The van der Waals surface area contributed by atoms with E-state index in [1.165, 1.54) is 12.1 Å². The fraction of sp³-hybridized carbons (Fsp3) is 0.333. The zero-order valence-electron chi connectivity index (χ0n) is 11.6. The van der Waals surface area contributed by atoms with Crippen molar-refractivity contribution in [3.05, 3.63) is 46.9 Å². The fourth-order valence-electron chi connectivity index (χ4n) is 2.18. The summed E-state index contributed by atoms with van der Waals surface area (Å²) in [6, 6.07) is 7.02. The summed E-state index contributed by atoms with van der Waals surface area (Å²) < 4.78 is 13.0. The first-order valence-electron chi connectivity index (χ1n) is 6.30. The molecule has 0 aliphatic carbocycles. The van der Waals surface area contributed by atoms with Crippen molar-refractivity contribution in [3.8, 4) is 6.07 Å². The number of hydrogen-bond donors (Lipinski definition) is 2. The Balaban J connectivity index is 2.54. The van der Waals surface area contributed by atoms with E-state index in [0.717, 1.165) is 0 Å². The van der Waals surface area contributed by atoms with E-state index in [0.29, 0.717) is 16.8 Å². The Morgan fingerprint density at radius 2 is 1.85 bits per heavy atom. The maximum absolute atomic E-state index is 13.0. The van der Waals surface area contributed by atoms with Crippen molar-refractivity contribution in [1.82, 2.24) is 10.6 Å². The fourth-order valence-corrected chi connectivity index (χ4v) is 2.18. The van der Waals surface area contributed by atoms with Gasteiger partial charge >= 0.3 is 6.03 Å². The average Bonchev–Trinajstić information content (AvgIpc) is 2.37. The number of allylic oxidation sites excluding steroid dienone is 1. The van der Waals surface area contributed by atoms with Crippen LogP contribution in [0.15, 0.2) is 35.5 Å². The molecule has 1 atom stereocenters. The molecule has 0 aromatic heterocycles. The molecule has 0 unspecified atom stereocenters. The molecule has 1 aromatic carbocycles. The first-order valence-corrected chi connectivity index (χ1v) is 6.30. The number of nitriles is 1. The number of benzene rings is 1. The van der Waals surface area contributed by atoms with Gasteiger partial charge in [0.15, 0.2) is 0 Å². The molecule has 2 N–H and O–H groups in total. The van der Waals surface area contributed by atoms with Crippen molar-refractivity contribution >= 4 is 6.03 Å². The molecule has 2 amide bonds. The standard InChI is InChI=1S/C15H16FN3O/c1-15(2,3)13-11(8-17)12(18-14(20)19-13)9-4-6-10(16)7-5-9/h4-7,12H,1-3H3,(H2,18,19,20)/t12-/m1/s1. The number of rotatable bonds is 1. The molecule has 20 heavy (non-hydrogen) atoms. The highest BCUT2D eigenvalue weighted by Crippen LogP contribution is 2.34. The SMILES string of the molecule is CC(C)(C)C1=C(C#N)[C@@H](c2ccc(F)cc2)NC(=O)N1. The number of halogens is 1. The number of hydrogen-bond acceptors (Lipinski definition) is 2. The summed E-state index contributed by atoms with van der Waals surface area (Å²) >= 11 is 0. The number of nitrogens with zero attached hydrogens (tertiary/aromatic N) is 1. The van der Waals surface area contributed by atoms with E-state index in [2.05, 4.69) is 16.7 Å². The highest BCUT2D eigenvalue weighted by Gasteiger charge is 2.33. The molecule has 4 nitrogen and oxygen atoms in total. The van der Waals surface area contributed by atoms with E-state index < -0.39 is 6.04 Å². The summed E-state index contributed by atoms with van der Waals surface area (Å²) in [4.78, 5) is 11.8. The largest absolute Gasteiger partial charge is 0.326 e. The summed E-state index contributed by atoms with van der Waals surface area (Å²) in [5.74, 6) is -0.354. The zero-order valence-corrected chi connectivity index (χ0v) is 11.6. The molecule has 0 spiro atoms. The van der Waals surface area contributed by atoms with Gasteiger partial charge in [-0.3, -0.25) is 0 Å². The van der Waals surface area contributed by atoms with Crippen molar-refractivity contribution in [1.29, 1.82) is 5.26 Å². The average molecular weight is 273 g/mol. The van der Waals surface area contributed by atoms with Crippen molar-refractivity contribution in [3.63, 3.8) is 0 Å². The monoisotopic (exact) mass is 273 g/mol. The topological polar surface area (TPSA) is 64.9 Å². The molecule has 0 bridgehead atoms. The van der Waals surface area contributed by atoms with Crippen LogP contribution in [0.3, 0.4) is 0 Å². The molecule has 1 aromatic rings. The Hall–Kier alpha value is -2.35. The second-order valence-corrected chi connectivity index (χ2v) is 5.73. The van der Waals surface area contributed by atoms with E-state index in [-0.39, 0.29) is 17.3 Å². The lowest BCUT2D eigenvalue weighted by Gasteiger charge is -2.33. The van der Waals surface area contributed by atoms with Crippen LogP contribution in [0.1, 0.15) is 32.4 Å². The lowest BCUT2D eigenvalue weighted by Crippen LogP contribution is -2.46. The third kappa shape index (κ3) is 2.64. The van der Waals surface area contributed by atoms with Gasteiger partial charge in [-0.1, -0.05) is 32.9 Å². The highest BCUT2D eigenvalue weighted by atomic mass is 19.1. The summed E-state index contributed by atoms with van der Waals surface area (Å²) in [7, 11) is 0. The molecule has 1 heterocycles. The minimum Gasteiger partial charge on any atom is -0.326 e. The van der Waals surface area contributed by atoms with Gasteiger partial charge in [-0.25, -0.2) is 9.18 Å². The minimum atomic E-state index is -0.552. The Morgan fingerprint density at radius 1 is 1.25 bits per heavy atom. The van der Waals surface area contributed by atoms with E-state index in [1.54, 1.807) is 12.1 Å². The van der Waals surface area contributed by atoms with E-state index in [4.69, 9.17) is 0 Å². The quantitative estimate of drug-likeness (QED) is 0.826. The predicted molar refractivity (Wildman–Crippen MR) is 72.9 cm³/mol. The Kier molecular flexibility index (Phi) is 3.49. The van der Waals surface area contributed by atoms with Crippen molar-refractivity contribution in [2.75, 3.05) is 0 Å². The molecular weight excluding hydrogens is 257 g/mol. The van der Waals surface area contributed by atoms with Crippen LogP contribution in [-0.4, -0.2) is 6.03 Å². The van der Waals surface area contributed by atoms with Crippen LogP contribution >= 0.6 is 0 Å². The van der Waals surface area contributed by atoms with E-state index >= 15 is 0 Å². The highest BCUT2D eigenvalue weighted by molar-refractivity contribution is 5.80. The Bertz CT molecular complexity index is 605. The van der Waals surface area contributed by atoms with Gasteiger partial charge in [0.2, 0.25) is 0 Å². The summed E-state index contributed by atoms with van der Waals surface area (Å²) in [5.41, 5.74) is 1.36. The summed E-state index contributed by atoms with van der Waals surface area (Å²) in [6.07, 6.45) is 0. The Morgan fingerprint density at radius 3 is 2.35 bits per heavy atom. The van der Waals surface area contributed by atoms with Gasteiger partial charge in [0.25, 0.3) is 0 Å². The normalized spacial score (nSPS) is 19.1. The van der Waals surface area contributed by atoms with Crippen LogP contribution in [0.5, 0.6) is 0 Å².